The average molecular weight is 404 g/mol. The Labute approximate surface area is 186 Å². The fourth-order valence-electron chi connectivity index (χ4n) is 4.06. The molecule has 0 bridgehead atoms. The summed E-state index contributed by atoms with van der Waals surface area (Å²) in [4.78, 5) is 0. The van der Waals surface area contributed by atoms with E-state index >= 15 is 0 Å². The third kappa shape index (κ3) is 5.81. The number of benzene rings is 4. The van der Waals surface area contributed by atoms with Crippen molar-refractivity contribution >= 4 is 5.57 Å². The monoisotopic (exact) mass is 403 g/mol. The molecule has 0 saturated carbocycles. The van der Waals surface area contributed by atoms with Gasteiger partial charge in [0, 0.05) is 12.5 Å². The first-order chi connectivity index (χ1) is 15.4. The first kappa shape index (κ1) is 20.8. The molecule has 1 nitrogen and oxygen atoms in total. The summed E-state index contributed by atoms with van der Waals surface area (Å²) < 4.78 is 0. The Balaban J connectivity index is 1.44. The lowest BCUT2D eigenvalue weighted by Crippen LogP contribution is -2.18. The van der Waals surface area contributed by atoms with Crippen molar-refractivity contribution in [1.82, 2.24) is 5.32 Å². The number of nitrogens with one attached hydrogen (secondary N) is 1. The Hall–Kier alpha value is -3.42. The Bertz CT molecular complexity index is 973. The zero-order chi connectivity index (χ0) is 21.1. The van der Waals surface area contributed by atoms with Crippen LogP contribution in [0.25, 0.3) is 5.57 Å². The zero-order valence-corrected chi connectivity index (χ0v) is 17.8. The van der Waals surface area contributed by atoms with Gasteiger partial charge in [-0.2, -0.15) is 0 Å². The number of hydrogen-bond donors (Lipinski definition) is 1. The van der Waals surface area contributed by atoms with Crippen molar-refractivity contribution in [3.63, 3.8) is 0 Å². The van der Waals surface area contributed by atoms with Gasteiger partial charge < -0.3 is 5.32 Å². The van der Waals surface area contributed by atoms with E-state index in [2.05, 4.69) is 133 Å². The van der Waals surface area contributed by atoms with Crippen molar-refractivity contribution in [2.75, 3.05) is 13.1 Å². The lowest BCUT2D eigenvalue weighted by Gasteiger charge is -2.18. The van der Waals surface area contributed by atoms with Crippen LogP contribution in [0.3, 0.4) is 0 Å². The molecule has 0 radical (unpaired) electrons. The van der Waals surface area contributed by atoms with E-state index in [0.717, 1.165) is 19.5 Å². The summed E-state index contributed by atoms with van der Waals surface area (Å²) >= 11 is 0. The van der Waals surface area contributed by atoms with Crippen molar-refractivity contribution in [3.8, 4) is 0 Å². The number of rotatable bonds is 9. The maximum absolute atomic E-state index is 3.65. The topological polar surface area (TPSA) is 12.0 Å². The molecule has 0 aromatic heterocycles. The Kier molecular flexibility index (Phi) is 7.46. The molecule has 31 heavy (non-hydrogen) atoms. The van der Waals surface area contributed by atoms with Crippen molar-refractivity contribution in [2.45, 2.75) is 12.3 Å². The van der Waals surface area contributed by atoms with Crippen LogP contribution < -0.4 is 5.32 Å². The van der Waals surface area contributed by atoms with Crippen LogP contribution in [0.4, 0.5) is 0 Å². The summed E-state index contributed by atoms with van der Waals surface area (Å²) in [6.07, 6.45) is 3.37. The fourth-order valence-corrected chi connectivity index (χ4v) is 4.06. The Morgan fingerprint density at radius 2 is 1.00 bits per heavy atom. The van der Waals surface area contributed by atoms with Crippen LogP contribution in [-0.4, -0.2) is 13.1 Å². The van der Waals surface area contributed by atoms with Crippen molar-refractivity contribution in [1.29, 1.82) is 0 Å². The minimum Gasteiger partial charge on any atom is -0.313 e. The standard InChI is InChI=1S/C30H29N/c1-5-13-25(14-6-1)29(26-15-7-2-8-16-26)21-23-31-24-22-30(27-17-9-3-10-18-27)28-19-11-4-12-20-28/h1-21,30-31H,22-24H2. The van der Waals surface area contributed by atoms with E-state index in [4.69, 9.17) is 0 Å². The largest absolute Gasteiger partial charge is 0.313 e. The summed E-state index contributed by atoms with van der Waals surface area (Å²) in [7, 11) is 0. The van der Waals surface area contributed by atoms with Crippen molar-refractivity contribution < 1.29 is 0 Å². The average Bonchev–Trinajstić information content (AvgIpc) is 2.86. The van der Waals surface area contributed by atoms with Crippen LogP contribution in [0.5, 0.6) is 0 Å². The lowest BCUT2D eigenvalue weighted by atomic mass is 9.88. The minimum atomic E-state index is 0.404. The highest BCUT2D eigenvalue weighted by Crippen LogP contribution is 2.27. The fraction of sp³-hybridized carbons (Fsp3) is 0.133. The Morgan fingerprint density at radius 1 is 0.581 bits per heavy atom. The van der Waals surface area contributed by atoms with E-state index in [1.54, 1.807) is 0 Å². The van der Waals surface area contributed by atoms with Gasteiger partial charge >= 0.3 is 0 Å². The third-order valence-electron chi connectivity index (χ3n) is 5.63. The van der Waals surface area contributed by atoms with Gasteiger partial charge in [0.1, 0.15) is 0 Å². The minimum absolute atomic E-state index is 0.404. The van der Waals surface area contributed by atoms with Crippen molar-refractivity contribution in [3.05, 3.63) is 150 Å². The molecule has 1 N–H and O–H groups in total. The summed E-state index contributed by atoms with van der Waals surface area (Å²) in [5.74, 6) is 0.404. The molecule has 0 amide bonds. The van der Waals surface area contributed by atoms with Gasteiger partial charge in [-0.3, -0.25) is 0 Å². The van der Waals surface area contributed by atoms with Gasteiger partial charge in [0.2, 0.25) is 0 Å². The van der Waals surface area contributed by atoms with Gasteiger partial charge in [0.05, 0.1) is 0 Å². The predicted octanol–water partition coefficient (Wildman–Crippen LogP) is 6.93. The second-order valence-corrected chi connectivity index (χ2v) is 7.72. The quantitative estimate of drug-likeness (QED) is 0.299. The zero-order valence-electron chi connectivity index (χ0n) is 17.8. The molecule has 0 heterocycles. The highest BCUT2D eigenvalue weighted by molar-refractivity contribution is 5.79. The maximum atomic E-state index is 3.65. The third-order valence-corrected chi connectivity index (χ3v) is 5.63. The molecule has 0 aliphatic carbocycles. The maximum Gasteiger partial charge on any atom is 0.0144 e. The van der Waals surface area contributed by atoms with Gasteiger partial charge in [-0.05, 0) is 40.8 Å². The SMILES string of the molecule is C(CNCCC(c1ccccc1)c1ccccc1)=C(c1ccccc1)c1ccccc1. The Morgan fingerprint density at radius 3 is 1.45 bits per heavy atom. The van der Waals surface area contributed by atoms with Crippen LogP contribution in [0, 0.1) is 0 Å². The molecule has 0 fully saturated rings. The van der Waals surface area contributed by atoms with Crippen LogP contribution in [0.1, 0.15) is 34.6 Å². The lowest BCUT2D eigenvalue weighted by molar-refractivity contribution is 0.641. The molecule has 0 aliphatic rings. The summed E-state index contributed by atoms with van der Waals surface area (Å²) in [5, 5.41) is 3.65. The van der Waals surface area contributed by atoms with E-state index in [0.29, 0.717) is 5.92 Å². The molecule has 0 saturated heterocycles. The van der Waals surface area contributed by atoms with Gasteiger partial charge in [0.15, 0.2) is 0 Å². The second-order valence-electron chi connectivity index (χ2n) is 7.72. The molecule has 0 aliphatic heterocycles. The first-order valence-electron chi connectivity index (χ1n) is 11.0. The van der Waals surface area contributed by atoms with Crippen LogP contribution in [0.15, 0.2) is 127 Å². The van der Waals surface area contributed by atoms with Crippen LogP contribution >= 0.6 is 0 Å². The summed E-state index contributed by atoms with van der Waals surface area (Å²) in [5.41, 5.74) is 6.53. The van der Waals surface area contributed by atoms with E-state index in [-0.39, 0.29) is 0 Å². The molecule has 4 aromatic rings. The molecule has 1 heteroatoms. The van der Waals surface area contributed by atoms with E-state index in [9.17, 15) is 0 Å². The van der Waals surface area contributed by atoms with E-state index in [1.165, 1.54) is 27.8 Å². The molecular formula is C30H29N. The molecule has 0 atom stereocenters. The second kappa shape index (κ2) is 11.1. The molecule has 0 unspecified atom stereocenters. The van der Waals surface area contributed by atoms with E-state index < -0.39 is 0 Å². The molecule has 4 aromatic carbocycles. The van der Waals surface area contributed by atoms with Gasteiger partial charge in [0.25, 0.3) is 0 Å². The molecule has 4 rings (SSSR count). The number of hydrogen-bond acceptors (Lipinski definition) is 1. The first-order valence-corrected chi connectivity index (χ1v) is 11.0. The molecule has 154 valence electrons. The van der Waals surface area contributed by atoms with Gasteiger partial charge in [-0.15, -0.1) is 0 Å². The van der Waals surface area contributed by atoms with E-state index in [1.807, 2.05) is 0 Å². The van der Waals surface area contributed by atoms with Crippen LogP contribution in [-0.2, 0) is 0 Å². The van der Waals surface area contributed by atoms with Gasteiger partial charge in [-0.1, -0.05) is 127 Å². The molecule has 0 spiro atoms. The highest BCUT2D eigenvalue weighted by Gasteiger charge is 2.13. The summed E-state index contributed by atoms with van der Waals surface area (Å²) in [6, 6.07) is 42.9. The molecular weight excluding hydrogens is 374 g/mol. The predicted molar refractivity (Wildman–Crippen MR) is 132 cm³/mol. The van der Waals surface area contributed by atoms with Crippen molar-refractivity contribution in [2.24, 2.45) is 0 Å². The van der Waals surface area contributed by atoms with Crippen LogP contribution in [0.2, 0.25) is 0 Å². The normalized spacial score (nSPS) is 10.7. The summed E-state index contributed by atoms with van der Waals surface area (Å²) in [6.45, 7) is 1.80. The van der Waals surface area contributed by atoms with Gasteiger partial charge in [-0.25, -0.2) is 0 Å². The smallest absolute Gasteiger partial charge is 0.0144 e. The highest BCUT2D eigenvalue weighted by atomic mass is 14.8.